The highest BCUT2D eigenvalue weighted by Gasteiger charge is 2.37. The Bertz CT molecular complexity index is 1190. The van der Waals surface area contributed by atoms with Crippen LogP contribution in [0.5, 0.6) is 11.5 Å². The third-order valence-corrected chi connectivity index (χ3v) is 6.98. The molecule has 1 saturated heterocycles. The van der Waals surface area contributed by atoms with Crippen LogP contribution in [-0.4, -0.2) is 44.4 Å². The maximum absolute atomic E-state index is 13.5. The number of ether oxygens (including phenoxy) is 3. The zero-order valence-corrected chi connectivity index (χ0v) is 20.1. The minimum absolute atomic E-state index is 0.213. The van der Waals surface area contributed by atoms with E-state index in [-0.39, 0.29) is 24.0 Å². The standard InChI is InChI=1S/C29H30N2O5/c32-27(22-9-5-2-6-10-22)31-24(17-21-7-3-1-4-8-21)28(33)30-19-29(13-15-34-16-14-29)23-11-12-25-26(18-23)36-20-35-25/h1-12,18,24H,13-17,19-20H2,(H,30,33)(H,31,32). The predicted molar refractivity (Wildman–Crippen MR) is 135 cm³/mol. The van der Waals surface area contributed by atoms with Crippen LogP contribution in [0.3, 0.4) is 0 Å². The van der Waals surface area contributed by atoms with Crippen molar-refractivity contribution in [2.24, 2.45) is 0 Å². The maximum Gasteiger partial charge on any atom is 0.251 e. The van der Waals surface area contributed by atoms with Gasteiger partial charge in [0, 0.05) is 37.2 Å². The van der Waals surface area contributed by atoms with E-state index in [1.54, 1.807) is 12.1 Å². The molecule has 7 nitrogen and oxygen atoms in total. The SMILES string of the molecule is O=C(NC(Cc1ccccc1)C(=O)NCC1(c2ccc3c(c2)OCO3)CCOCC1)c1ccccc1. The van der Waals surface area contributed by atoms with Crippen molar-refractivity contribution < 1.29 is 23.8 Å². The highest BCUT2D eigenvalue weighted by atomic mass is 16.7. The fraction of sp³-hybridized carbons (Fsp3) is 0.310. The lowest BCUT2D eigenvalue weighted by Gasteiger charge is -2.38. The lowest BCUT2D eigenvalue weighted by atomic mass is 9.74. The molecule has 3 aromatic rings. The van der Waals surface area contributed by atoms with E-state index in [2.05, 4.69) is 10.6 Å². The van der Waals surface area contributed by atoms with Crippen molar-refractivity contribution in [3.8, 4) is 11.5 Å². The second-order valence-corrected chi connectivity index (χ2v) is 9.26. The summed E-state index contributed by atoms with van der Waals surface area (Å²) in [6.07, 6.45) is 1.94. The number of benzene rings is 3. The molecule has 0 aliphatic carbocycles. The molecule has 3 aromatic carbocycles. The summed E-state index contributed by atoms with van der Waals surface area (Å²) in [5, 5.41) is 6.10. The number of carbonyl (C=O) groups is 2. The topological polar surface area (TPSA) is 85.9 Å². The first kappa shape index (κ1) is 23.9. The number of carbonyl (C=O) groups excluding carboxylic acids is 2. The lowest BCUT2D eigenvalue weighted by molar-refractivity contribution is -0.123. The molecule has 2 amide bonds. The monoisotopic (exact) mass is 486 g/mol. The molecule has 5 rings (SSSR count). The van der Waals surface area contributed by atoms with Crippen LogP contribution in [0.1, 0.15) is 34.3 Å². The third-order valence-electron chi connectivity index (χ3n) is 6.98. The van der Waals surface area contributed by atoms with Gasteiger partial charge in [-0.05, 0) is 48.2 Å². The molecule has 1 unspecified atom stereocenters. The van der Waals surface area contributed by atoms with E-state index in [9.17, 15) is 9.59 Å². The quantitative estimate of drug-likeness (QED) is 0.508. The van der Waals surface area contributed by atoms with Crippen LogP contribution >= 0.6 is 0 Å². The molecule has 0 saturated carbocycles. The number of hydrogen-bond donors (Lipinski definition) is 2. The molecule has 36 heavy (non-hydrogen) atoms. The van der Waals surface area contributed by atoms with Crippen LogP contribution in [0.15, 0.2) is 78.9 Å². The Balaban J connectivity index is 1.34. The summed E-state index contributed by atoms with van der Waals surface area (Å²) in [6.45, 7) is 1.88. The largest absolute Gasteiger partial charge is 0.454 e. The predicted octanol–water partition coefficient (Wildman–Crippen LogP) is 3.62. The second-order valence-electron chi connectivity index (χ2n) is 9.26. The summed E-state index contributed by atoms with van der Waals surface area (Å²) in [7, 11) is 0. The molecule has 2 N–H and O–H groups in total. The molecular formula is C29H30N2O5. The van der Waals surface area contributed by atoms with Crippen LogP contribution in [0.25, 0.3) is 0 Å². The second kappa shape index (κ2) is 10.8. The van der Waals surface area contributed by atoms with Crippen molar-refractivity contribution in [1.29, 1.82) is 0 Å². The van der Waals surface area contributed by atoms with Crippen molar-refractivity contribution in [2.75, 3.05) is 26.6 Å². The van der Waals surface area contributed by atoms with Crippen molar-refractivity contribution in [3.05, 3.63) is 95.6 Å². The Morgan fingerprint density at radius 3 is 2.31 bits per heavy atom. The Morgan fingerprint density at radius 2 is 1.56 bits per heavy atom. The van der Waals surface area contributed by atoms with Gasteiger partial charge < -0.3 is 24.8 Å². The molecule has 0 radical (unpaired) electrons. The first-order valence-electron chi connectivity index (χ1n) is 12.3. The van der Waals surface area contributed by atoms with Crippen molar-refractivity contribution in [2.45, 2.75) is 30.7 Å². The van der Waals surface area contributed by atoms with Crippen LogP contribution in [-0.2, 0) is 21.4 Å². The van der Waals surface area contributed by atoms with Gasteiger partial charge in [-0.15, -0.1) is 0 Å². The van der Waals surface area contributed by atoms with E-state index in [4.69, 9.17) is 14.2 Å². The average Bonchev–Trinajstić information content (AvgIpc) is 3.41. The molecule has 1 atom stereocenters. The summed E-state index contributed by atoms with van der Waals surface area (Å²) in [5.41, 5.74) is 2.28. The van der Waals surface area contributed by atoms with E-state index in [0.717, 1.165) is 35.5 Å². The Morgan fingerprint density at radius 1 is 0.861 bits per heavy atom. The molecule has 0 aromatic heterocycles. The van der Waals surface area contributed by atoms with E-state index in [1.165, 1.54) is 0 Å². The van der Waals surface area contributed by atoms with Crippen LogP contribution < -0.4 is 20.1 Å². The third kappa shape index (κ3) is 5.36. The molecule has 0 bridgehead atoms. The summed E-state index contributed by atoms with van der Waals surface area (Å²) in [4.78, 5) is 26.4. The molecule has 1 fully saturated rings. The van der Waals surface area contributed by atoms with Gasteiger partial charge in [0.25, 0.3) is 5.91 Å². The van der Waals surface area contributed by atoms with Crippen molar-refractivity contribution >= 4 is 11.8 Å². The van der Waals surface area contributed by atoms with Gasteiger partial charge in [-0.3, -0.25) is 9.59 Å². The van der Waals surface area contributed by atoms with Gasteiger partial charge in [0.15, 0.2) is 11.5 Å². The lowest BCUT2D eigenvalue weighted by Crippen LogP contribution is -2.52. The van der Waals surface area contributed by atoms with E-state index in [0.29, 0.717) is 31.7 Å². The van der Waals surface area contributed by atoms with Crippen LogP contribution in [0.2, 0.25) is 0 Å². The first-order chi connectivity index (χ1) is 17.6. The molecular weight excluding hydrogens is 456 g/mol. The van der Waals surface area contributed by atoms with Crippen molar-refractivity contribution in [1.82, 2.24) is 10.6 Å². The Labute approximate surface area is 210 Å². The minimum atomic E-state index is -0.714. The van der Waals surface area contributed by atoms with Gasteiger partial charge in [0.1, 0.15) is 6.04 Å². The molecule has 186 valence electrons. The fourth-order valence-corrected chi connectivity index (χ4v) is 4.83. The molecule has 2 heterocycles. The Hall–Kier alpha value is -3.84. The van der Waals surface area contributed by atoms with Crippen LogP contribution in [0, 0.1) is 0 Å². The van der Waals surface area contributed by atoms with E-state index >= 15 is 0 Å². The number of nitrogens with one attached hydrogen (secondary N) is 2. The zero-order chi connectivity index (χ0) is 24.8. The van der Waals surface area contributed by atoms with Gasteiger partial charge in [-0.2, -0.15) is 0 Å². The number of fused-ring (bicyclic) bond motifs is 1. The summed E-state index contributed by atoms with van der Waals surface area (Å²) in [6, 6.07) is 23.9. The number of rotatable bonds is 8. The molecule has 7 heteroatoms. The van der Waals surface area contributed by atoms with Crippen molar-refractivity contribution in [3.63, 3.8) is 0 Å². The number of hydrogen-bond acceptors (Lipinski definition) is 5. The summed E-state index contributed by atoms with van der Waals surface area (Å²) < 4.78 is 16.7. The summed E-state index contributed by atoms with van der Waals surface area (Å²) >= 11 is 0. The highest BCUT2D eigenvalue weighted by molar-refractivity contribution is 5.97. The van der Waals surface area contributed by atoms with Gasteiger partial charge in [-0.25, -0.2) is 0 Å². The normalized spacial score (nSPS) is 16.7. The zero-order valence-electron chi connectivity index (χ0n) is 20.1. The van der Waals surface area contributed by atoms with Crippen LogP contribution in [0.4, 0.5) is 0 Å². The molecule has 2 aliphatic rings. The molecule has 0 spiro atoms. The summed E-state index contributed by atoms with van der Waals surface area (Å²) in [5.74, 6) is 0.969. The first-order valence-corrected chi connectivity index (χ1v) is 12.3. The number of amides is 2. The fourth-order valence-electron chi connectivity index (χ4n) is 4.83. The smallest absolute Gasteiger partial charge is 0.251 e. The van der Waals surface area contributed by atoms with Gasteiger partial charge in [-0.1, -0.05) is 54.6 Å². The Kier molecular flexibility index (Phi) is 7.18. The van der Waals surface area contributed by atoms with E-state index < -0.39 is 6.04 Å². The van der Waals surface area contributed by atoms with E-state index in [1.807, 2.05) is 66.7 Å². The minimum Gasteiger partial charge on any atom is -0.454 e. The molecule has 2 aliphatic heterocycles. The maximum atomic E-state index is 13.5. The average molecular weight is 487 g/mol. The van der Waals surface area contributed by atoms with Gasteiger partial charge in [0.2, 0.25) is 12.7 Å². The van der Waals surface area contributed by atoms with Gasteiger partial charge in [0.05, 0.1) is 0 Å². The highest BCUT2D eigenvalue weighted by Crippen LogP contribution is 2.40. The van der Waals surface area contributed by atoms with Gasteiger partial charge >= 0.3 is 0 Å².